The fraction of sp³-hybridized carbons (Fsp3) is 0.412. The lowest BCUT2D eigenvalue weighted by Gasteiger charge is -2.17. The van der Waals surface area contributed by atoms with E-state index >= 15 is 0 Å². The molecule has 3 nitrogen and oxygen atoms in total. The number of hydrogen-bond donors (Lipinski definition) is 1. The monoisotopic (exact) mass is 301 g/mol. The van der Waals surface area contributed by atoms with Gasteiger partial charge in [0.2, 0.25) is 5.28 Å². The quantitative estimate of drug-likeness (QED) is 0.645. The van der Waals surface area contributed by atoms with Crippen molar-refractivity contribution in [2.75, 3.05) is 5.32 Å². The van der Waals surface area contributed by atoms with E-state index in [0.29, 0.717) is 11.3 Å². The predicted molar refractivity (Wildman–Crippen MR) is 87.6 cm³/mol. The third kappa shape index (κ3) is 3.94. The van der Waals surface area contributed by atoms with Gasteiger partial charge in [0, 0.05) is 17.7 Å². The molecule has 4 heteroatoms. The highest BCUT2D eigenvalue weighted by atomic mass is 35.5. The molecule has 0 spiro atoms. The van der Waals surface area contributed by atoms with Crippen LogP contribution in [0, 0.1) is 0 Å². The summed E-state index contributed by atoms with van der Waals surface area (Å²) in [5.41, 5.74) is 1.93. The molecule has 0 saturated heterocycles. The van der Waals surface area contributed by atoms with E-state index in [4.69, 9.17) is 11.6 Å². The van der Waals surface area contributed by atoms with E-state index in [9.17, 15) is 0 Å². The zero-order chi connectivity index (χ0) is 14.5. The highest BCUT2D eigenvalue weighted by molar-refractivity contribution is 6.28. The molecule has 0 bridgehead atoms. The normalized spacial score (nSPS) is 16.4. The molecule has 1 fully saturated rings. The molecule has 0 aliphatic heterocycles. The van der Waals surface area contributed by atoms with E-state index in [1.807, 2.05) is 36.4 Å². The van der Waals surface area contributed by atoms with Crippen LogP contribution in [0.2, 0.25) is 5.28 Å². The molecule has 0 atom stereocenters. The average Bonchev–Trinajstić information content (AvgIpc) is 2.76. The lowest BCUT2D eigenvalue weighted by atomic mass is 10.1. The molecular weight excluding hydrogens is 282 g/mol. The number of benzene rings is 1. The maximum absolute atomic E-state index is 6.09. The lowest BCUT2D eigenvalue weighted by Crippen LogP contribution is -2.19. The van der Waals surface area contributed by atoms with Gasteiger partial charge in [0.05, 0.1) is 5.69 Å². The number of rotatable bonds is 3. The van der Waals surface area contributed by atoms with Gasteiger partial charge in [-0.05, 0) is 24.4 Å². The summed E-state index contributed by atoms with van der Waals surface area (Å²) < 4.78 is 0. The molecule has 1 N–H and O–H groups in total. The first-order valence-corrected chi connectivity index (χ1v) is 8.05. The molecule has 1 saturated carbocycles. The second-order valence-corrected chi connectivity index (χ2v) is 5.94. The van der Waals surface area contributed by atoms with Gasteiger partial charge in [0.25, 0.3) is 0 Å². The first-order valence-electron chi connectivity index (χ1n) is 7.68. The second-order valence-electron chi connectivity index (χ2n) is 5.61. The molecule has 0 unspecified atom stereocenters. The number of aromatic nitrogens is 2. The van der Waals surface area contributed by atoms with Crippen LogP contribution in [0.25, 0.3) is 11.3 Å². The molecule has 2 aromatic rings. The average molecular weight is 302 g/mol. The summed E-state index contributed by atoms with van der Waals surface area (Å²) in [7, 11) is 0. The van der Waals surface area contributed by atoms with E-state index < -0.39 is 0 Å². The van der Waals surface area contributed by atoms with Gasteiger partial charge in [0.15, 0.2) is 0 Å². The Morgan fingerprint density at radius 2 is 1.67 bits per heavy atom. The molecule has 1 aromatic heterocycles. The minimum Gasteiger partial charge on any atom is -0.367 e. The summed E-state index contributed by atoms with van der Waals surface area (Å²) in [5.74, 6) is 0.834. The summed E-state index contributed by atoms with van der Waals surface area (Å²) in [6, 6.07) is 12.6. The Kier molecular flexibility index (Phi) is 4.71. The molecule has 21 heavy (non-hydrogen) atoms. The lowest BCUT2D eigenvalue weighted by molar-refractivity contribution is 0.617. The van der Waals surface area contributed by atoms with Crippen LogP contribution in [0.3, 0.4) is 0 Å². The van der Waals surface area contributed by atoms with Gasteiger partial charge in [0.1, 0.15) is 5.82 Å². The van der Waals surface area contributed by atoms with Crippen LogP contribution in [-0.2, 0) is 0 Å². The summed E-state index contributed by atoms with van der Waals surface area (Å²) in [6.07, 6.45) is 7.70. The van der Waals surface area contributed by atoms with E-state index in [2.05, 4.69) is 15.3 Å². The predicted octanol–water partition coefficient (Wildman–Crippen LogP) is 4.93. The van der Waals surface area contributed by atoms with Crippen LogP contribution < -0.4 is 5.32 Å². The van der Waals surface area contributed by atoms with Crippen molar-refractivity contribution in [2.24, 2.45) is 0 Å². The van der Waals surface area contributed by atoms with Crippen LogP contribution in [0.5, 0.6) is 0 Å². The second kappa shape index (κ2) is 6.90. The molecular formula is C17H20ClN3. The SMILES string of the molecule is Clc1nc(NC2CCCCCC2)cc(-c2ccccc2)n1. The summed E-state index contributed by atoms with van der Waals surface area (Å²) in [5, 5.41) is 3.83. The van der Waals surface area contributed by atoms with Crippen molar-refractivity contribution in [3.05, 3.63) is 41.7 Å². The topological polar surface area (TPSA) is 37.8 Å². The van der Waals surface area contributed by atoms with Gasteiger partial charge in [-0.25, -0.2) is 9.97 Å². The van der Waals surface area contributed by atoms with Crippen LogP contribution in [0.15, 0.2) is 36.4 Å². The zero-order valence-corrected chi connectivity index (χ0v) is 12.8. The smallest absolute Gasteiger partial charge is 0.224 e. The molecule has 3 rings (SSSR count). The molecule has 1 heterocycles. The third-order valence-electron chi connectivity index (χ3n) is 3.98. The van der Waals surface area contributed by atoms with Crippen LogP contribution in [0.1, 0.15) is 38.5 Å². The zero-order valence-electron chi connectivity index (χ0n) is 12.1. The number of nitrogens with zero attached hydrogens (tertiary/aromatic N) is 2. The molecule has 1 aromatic carbocycles. The number of halogens is 1. The van der Waals surface area contributed by atoms with Crippen molar-refractivity contribution in [3.63, 3.8) is 0 Å². The maximum atomic E-state index is 6.09. The Balaban J connectivity index is 1.81. The van der Waals surface area contributed by atoms with Gasteiger partial charge in [-0.3, -0.25) is 0 Å². The van der Waals surface area contributed by atoms with Crippen molar-refractivity contribution < 1.29 is 0 Å². The molecule has 0 amide bonds. The molecule has 1 aliphatic carbocycles. The highest BCUT2D eigenvalue weighted by Crippen LogP contribution is 2.24. The van der Waals surface area contributed by atoms with Gasteiger partial charge in [-0.15, -0.1) is 0 Å². The Bertz CT molecular complexity index is 578. The standard InChI is InChI=1S/C17H20ClN3/c18-17-20-15(13-8-4-3-5-9-13)12-16(21-17)19-14-10-6-1-2-7-11-14/h3-5,8-9,12,14H,1-2,6-7,10-11H2,(H,19,20,21). The Morgan fingerprint density at radius 3 is 2.38 bits per heavy atom. The van der Waals surface area contributed by atoms with Crippen molar-refractivity contribution in [1.82, 2.24) is 9.97 Å². The summed E-state index contributed by atoms with van der Waals surface area (Å²) in [6.45, 7) is 0. The van der Waals surface area contributed by atoms with Crippen molar-refractivity contribution in [1.29, 1.82) is 0 Å². The summed E-state index contributed by atoms with van der Waals surface area (Å²) >= 11 is 6.09. The first-order chi connectivity index (χ1) is 10.3. The Labute approximate surface area is 130 Å². The van der Waals surface area contributed by atoms with Gasteiger partial charge < -0.3 is 5.32 Å². The van der Waals surface area contributed by atoms with E-state index in [1.165, 1.54) is 38.5 Å². The molecule has 0 radical (unpaired) electrons. The highest BCUT2D eigenvalue weighted by Gasteiger charge is 2.13. The number of hydrogen-bond acceptors (Lipinski definition) is 3. The molecule has 110 valence electrons. The Morgan fingerprint density at radius 1 is 0.952 bits per heavy atom. The molecule has 1 aliphatic rings. The van der Waals surface area contributed by atoms with E-state index in [1.54, 1.807) is 0 Å². The fourth-order valence-corrected chi connectivity index (χ4v) is 3.06. The van der Waals surface area contributed by atoms with Crippen molar-refractivity contribution in [3.8, 4) is 11.3 Å². The van der Waals surface area contributed by atoms with Crippen LogP contribution >= 0.6 is 11.6 Å². The Hall–Kier alpha value is -1.61. The minimum absolute atomic E-state index is 0.299. The largest absolute Gasteiger partial charge is 0.367 e. The van der Waals surface area contributed by atoms with Gasteiger partial charge >= 0.3 is 0 Å². The van der Waals surface area contributed by atoms with Crippen molar-refractivity contribution in [2.45, 2.75) is 44.6 Å². The van der Waals surface area contributed by atoms with Gasteiger partial charge in [-0.1, -0.05) is 56.0 Å². The maximum Gasteiger partial charge on any atom is 0.224 e. The van der Waals surface area contributed by atoms with Crippen LogP contribution in [0.4, 0.5) is 5.82 Å². The van der Waals surface area contributed by atoms with Crippen LogP contribution in [-0.4, -0.2) is 16.0 Å². The van der Waals surface area contributed by atoms with E-state index in [-0.39, 0.29) is 0 Å². The number of nitrogens with one attached hydrogen (secondary N) is 1. The first kappa shape index (κ1) is 14.3. The van der Waals surface area contributed by atoms with E-state index in [0.717, 1.165) is 17.1 Å². The third-order valence-corrected chi connectivity index (χ3v) is 4.14. The fourth-order valence-electron chi connectivity index (χ4n) is 2.88. The van der Waals surface area contributed by atoms with Gasteiger partial charge in [-0.2, -0.15) is 0 Å². The van der Waals surface area contributed by atoms with Crippen molar-refractivity contribution >= 4 is 17.4 Å². The minimum atomic E-state index is 0.299. The number of anilines is 1. The summed E-state index contributed by atoms with van der Waals surface area (Å²) in [4.78, 5) is 8.66.